The maximum absolute atomic E-state index is 12.1. The Hall–Kier alpha value is -1.95. The number of aliphatic carboxylic acids is 1. The molecule has 8 N–H and O–H groups in total. The van der Waals surface area contributed by atoms with Gasteiger partial charge in [0.05, 0.1) is 36.2 Å². The number of Topliss-reactive ketones (excluding diaryl/α,β-unsaturated/α-hetero) is 2. The zero-order chi connectivity index (χ0) is 20.4. The first-order valence-corrected chi connectivity index (χ1v) is 8.28. The van der Waals surface area contributed by atoms with Gasteiger partial charge in [-0.25, -0.2) is 0 Å². The average Bonchev–Trinajstić information content (AvgIpc) is 2.54. The van der Waals surface area contributed by atoms with Gasteiger partial charge in [-0.15, -0.1) is 0 Å². The number of aliphatic hydroxyl groups excluding tert-OH is 2. The summed E-state index contributed by atoms with van der Waals surface area (Å²) in [6.45, 7) is 0.428. The van der Waals surface area contributed by atoms with E-state index in [2.05, 4.69) is 5.32 Å². The number of carbonyl (C=O) groups excluding carboxylic acids is 3. The van der Waals surface area contributed by atoms with Crippen molar-refractivity contribution in [1.29, 1.82) is 0 Å². The lowest BCUT2D eigenvalue weighted by Crippen LogP contribution is -2.43. The minimum absolute atomic E-state index is 0.0274. The van der Waals surface area contributed by atoms with E-state index in [4.69, 9.17) is 33.9 Å². The third kappa shape index (κ3) is 8.94. The highest BCUT2D eigenvalue weighted by molar-refractivity contribution is 7.80. The zero-order valence-corrected chi connectivity index (χ0v) is 15.2. The number of hydrogen-bond acceptors (Lipinski definition) is 8. The molecule has 0 aromatic carbocycles. The number of ketones is 2. The van der Waals surface area contributed by atoms with Gasteiger partial charge in [0, 0.05) is 25.2 Å². The standard InChI is InChI=1S/C15H25N3O7S/c1-7(20)10(15(24)25)4-9(21)2-8(3-13(17)23)14(26)18-5-12(22)11(16)6-19/h7-8,10-11,19-20H,2-6,16H2,1H3,(H2,17,23)(H,18,26)(H,24,25)/t7?,8-,10-,11-/m0/s1. The monoisotopic (exact) mass is 391 g/mol. The maximum Gasteiger partial charge on any atom is 0.309 e. The Morgan fingerprint density at radius 3 is 2.15 bits per heavy atom. The van der Waals surface area contributed by atoms with Crippen molar-refractivity contribution in [2.24, 2.45) is 23.3 Å². The molecule has 148 valence electrons. The number of nitrogens with one attached hydrogen (secondary N) is 1. The number of carboxylic acids is 1. The molecule has 0 heterocycles. The van der Waals surface area contributed by atoms with Gasteiger partial charge in [0.1, 0.15) is 5.78 Å². The van der Waals surface area contributed by atoms with Gasteiger partial charge in [-0.05, 0) is 6.92 Å². The molecule has 0 aliphatic rings. The summed E-state index contributed by atoms with van der Waals surface area (Å²) in [4.78, 5) is 46.0. The molecule has 0 aliphatic carbocycles. The smallest absolute Gasteiger partial charge is 0.309 e. The third-order valence-corrected chi connectivity index (χ3v) is 4.16. The molecule has 26 heavy (non-hydrogen) atoms. The number of carboxylic acid groups (broad SMARTS) is 1. The van der Waals surface area contributed by atoms with Crippen molar-refractivity contribution in [3.05, 3.63) is 0 Å². The lowest BCUT2D eigenvalue weighted by atomic mass is 9.91. The average molecular weight is 391 g/mol. The molecule has 10 nitrogen and oxygen atoms in total. The van der Waals surface area contributed by atoms with Gasteiger partial charge >= 0.3 is 5.97 Å². The van der Waals surface area contributed by atoms with E-state index in [0.717, 1.165) is 0 Å². The molecule has 0 saturated heterocycles. The second kappa shape index (κ2) is 11.6. The number of thiocarbonyl (C=S) groups is 1. The van der Waals surface area contributed by atoms with E-state index < -0.39 is 60.5 Å². The van der Waals surface area contributed by atoms with Crippen LogP contribution in [0.1, 0.15) is 26.2 Å². The molecule has 1 amide bonds. The van der Waals surface area contributed by atoms with Gasteiger partial charge < -0.3 is 32.1 Å². The van der Waals surface area contributed by atoms with Crippen molar-refractivity contribution in [3.8, 4) is 0 Å². The highest BCUT2D eigenvalue weighted by atomic mass is 32.1. The van der Waals surface area contributed by atoms with Gasteiger partial charge in [0.2, 0.25) is 5.91 Å². The number of aliphatic hydroxyl groups is 2. The first-order valence-electron chi connectivity index (χ1n) is 7.87. The molecule has 0 bridgehead atoms. The molecule has 0 aliphatic heterocycles. The van der Waals surface area contributed by atoms with Crippen LogP contribution < -0.4 is 16.8 Å². The van der Waals surface area contributed by atoms with Crippen LogP contribution in [-0.2, 0) is 19.2 Å². The summed E-state index contributed by atoms with van der Waals surface area (Å²) in [5, 5.41) is 29.8. The Balaban J connectivity index is 4.90. The largest absolute Gasteiger partial charge is 0.481 e. The van der Waals surface area contributed by atoms with Gasteiger partial charge in [-0.2, -0.15) is 0 Å². The number of rotatable bonds is 13. The molecule has 0 aromatic heterocycles. The Kier molecular flexibility index (Phi) is 10.8. The second-order valence-electron chi connectivity index (χ2n) is 5.97. The molecule has 0 radical (unpaired) electrons. The summed E-state index contributed by atoms with van der Waals surface area (Å²) in [5.41, 5.74) is 10.5. The molecular weight excluding hydrogens is 366 g/mol. The van der Waals surface area contributed by atoms with Crippen LogP contribution in [0.15, 0.2) is 0 Å². The summed E-state index contributed by atoms with van der Waals surface area (Å²) in [6.07, 6.45) is -2.21. The highest BCUT2D eigenvalue weighted by Gasteiger charge is 2.29. The van der Waals surface area contributed by atoms with Crippen LogP contribution in [0.3, 0.4) is 0 Å². The number of nitrogens with two attached hydrogens (primary N) is 2. The van der Waals surface area contributed by atoms with Crippen molar-refractivity contribution >= 4 is 40.6 Å². The normalized spacial score (nSPS) is 15.4. The first kappa shape index (κ1) is 24.1. The van der Waals surface area contributed by atoms with Crippen molar-refractivity contribution in [2.45, 2.75) is 38.3 Å². The molecular formula is C15H25N3O7S. The molecule has 4 atom stereocenters. The van der Waals surface area contributed by atoms with E-state index in [-0.39, 0.29) is 24.4 Å². The van der Waals surface area contributed by atoms with Crippen LogP contribution in [0.5, 0.6) is 0 Å². The zero-order valence-electron chi connectivity index (χ0n) is 14.4. The Labute approximate surface area is 155 Å². The van der Waals surface area contributed by atoms with Crippen LogP contribution in [0.4, 0.5) is 0 Å². The Bertz CT molecular complexity index is 553. The van der Waals surface area contributed by atoms with Gasteiger partial charge in [0.15, 0.2) is 5.78 Å². The third-order valence-electron chi connectivity index (χ3n) is 3.69. The summed E-state index contributed by atoms with van der Waals surface area (Å²) < 4.78 is 0. The van der Waals surface area contributed by atoms with Crippen molar-refractivity contribution < 1.29 is 34.5 Å². The fourth-order valence-corrected chi connectivity index (χ4v) is 2.36. The molecule has 0 rings (SSSR count). The number of hydrogen-bond donors (Lipinski definition) is 6. The highest BCUT2D eigenvalue weighted by Crippen LogP contribution is 2.17. The SMILES string of the molecule is CC(O)[C@H](CC(=O)C[C@@H](CC(N)=O)C(=S)NCC(=O)[C@@H](N)CO)C(=O)O. The quantitative estimate of drug-likeness (QED) is 0.186. The predicted octanol–water partition coefficient (Wildman–Crippen LogP) is -2.29. The van der Waals surface area contributed by atoms with Crippen molar-refractivity contribution in [3.63, 3.8) is 0 Å². The summed E-state index contributed by atoms with van der Waals surface area (Å²) in [7, 11) is 0. The number of carbonyl (C=O) groups is 4. The number of primary amides is 1. The van der Waals surface area contributed by atoms with E-state index in [1.807, 2.05) is 0 Å². The molecule has 0 aromatic rings. The van der Waals surface area contributed by atoms with E-state index in [9.17, 15) is 24.3 Å². The molecule has 1 unspecified atom stereocenters. The Morgan fingerprint density at radius 1 is 1.15 bits per heavy atom. The molecule has 11 heteroatoms. The van der Waals surface area contributed by atoms with Crippen molar-refractivity contribution in [1.82, 2.24) is 5.32 Å². The van der Waals surface area contributed by atoms with E-state index in [1.54, 1.807) is 0 Å². The van der Waals surface area contributed by atoms with Gasteiger partial charge in [0.25, 0.3) is 0 Å². The van der Waals surface area contributed by atoms with Crippen LogP contribution in [-0.4, -0.2) is 69.0 Å². The van der Waals surface area contributed by atoms with Gasteiger partial charge in [-0.3, -0.25) is 19.2 Å². The minimum atomic E-state index is -1.32. The van der Waals surface area contributed by atoms with Crippen molar-refractivity contribution in [2.75, 3.05) is 13.2 Å². The minimum Gasteiger partial charge on any atom is -0.481 e. The summed E-state index contributed by atoms with van der Waals surface area (Å²) in [5.74, 6) is -5.18. The lowest BCUT2D eigenvalue weighted by molar-refractivity contribution is -0.147. The first-order chi connectivity index (χ1) is 12.0. The molecule has 0 fully saturated rings. The van der Waals surface area contributed by atoms with E-state index >= 15 is 0 Å². The maximum atomic E-state index is 12.1. The van der Waals surface area contributed by atoms with Crippen LogP contribution in [0, 0.1) is 11.8 Å². The lowest BCUT2D eigenvalue weighted by Gasteiger charge is -2.20. The molecule has 0 spiro atoms. The summed E-state index contributed by atoms with van der Waals surface area (Å²) in [6, 6.07) is -1.08. The van der Waals surface area contributed by atoms with Crippen LogP contribution >= 0.6 is 12.2 Å². The Morgan fingerprint density at radius 2 is 1.73 bits per heavy atom. The van der Waals surface area contributed by atoms with Gasteiger partial charge in [-0.1, -0.05) is 12.2 Å². The van der Waals surface area contributed by atoms with Crippen LogP contribution in [0.2, 0.25) is 0 Å². The second-order valence-corrected chi connectivity index (χ2v) is 6.41. The fourth-order valence-electron chi connectivity index (χ4n) is 2.12. The fraction of sp³-hybridized carbons (Fsp3) is 0.667. The number of amides is 1. The molecule has 0 saturated carbocycles. The summed E-state index contributed by atoms with van der Waals surface area (Å²) >= 11 is 5.08. The topological polar surface area (TPSA) is 193 Å². The van der Waals surface area contributed by atoms with E-state index in [0.29, 0.717) is 0 Å². The van der Waals surface area contributed by atoms with E-state index in [1.165, 1.54) is 6.92 Å². The van der Waals surface area contributed by atoms with Crippen LogP contribution in [0.25, 0.3) is 0 Å². The predicted molar refractivity (Wildman–Crippen MR) is 95.0 cm³/mol.